The van der Waals surface area contributed by atoms with E-state index >= 15 is 0 Å². The minimum atomic E-state index is 1.29. The van der Waals surface area contributed by atoms with Crippen LogP contribution in [-0.2, 0) is 0 Å². The van der Waals surface area contributed by atoms with Crippen LogP contribution in [0, 0.1) is 0 Å². The van der Waals surface area contributed by atoms with Crippen LogP contribution in [-0.4, -0.2) is 0 Å². The summed E-state index contributed by atoms with van der Waals surface area (Å²) < 4.78 is 0. The van der Waals surface area contributed by atoms with E-state index < -0.39 is 0 Å². The maximum absolute atomic E-state index is 3.17. The van der Waals surface area contributed by atoms with E-state index in [1.807, 2.05) is 6.20 Å². The first-order valence-electron chi connectivity index (χ1n) is 5.89. The second kappa shape index (κ2) is 3.77. The molecule has 0 amide bonds. The third-order valence-electron chi connectivity index (χ3n) is 3.43. The second-order valence-electron chi connectivity index (χ2n) is 4.51. The summed E-state index contributed by atoms with van der Waals surface area (Å²) in [6.45, 7) is 4.37. The number of fused-ring (bicyclic) bond motifs is 2. The van der Waals surface area contributed by atoms with E-state index in [0.29, 0.717) is 0 Å². The van der Waals surface area contributed by atoms with Crippen LogP contribution in [0.3, 0.4) is 0 Å². The first kappa shape index (κ1) is 10.2. The van der Waals surface area contributed by atoms with Gasteiger partial charge in [-0.25, -0.2) is 0 Å². The Hall–Kier alpha value is -2.02. The molecule has 0 saturated carbocycles. The van der Waals surface area contributed by atoms with Gasteiger partial charge in [0, 0.05) is 18.0 Å². The molecule has 1 N–H and O–H groups in total. The Morgan fingerprint density at radius 2 is 1.76 bits per heavy atom. The van der Waals surface area contributed by atoms with Gasteiger partial charge in [-0.05, 0) is 47.1 Å². The SMILES string of the molecule is CC1=c2ccccc2=C(C)C2=CNC=CC2=C1. The fourth-order valence-corrected chi connectivity index (χ4v) is 2.50. The van der Waals surface area contributed by atoms with Gasteiger partial charge in [0.05, 0.1) is 0 Å². The molecule has 2 aliphatic rings. The standard InChI is InChI=1S/C16H15N/c1-11-9-13-7-8-17-10-16(13)12(2)15-6-4-3-5-14(11)15/h3-10,17H,1-2H3. The Kier molecular flexibility index (Phi) is 2.25. The molecule has 1 aromatic rings. The van der Waals surface area contributed by atoms with Crippen LogP contribution in [0.4, 0.5) is 0 Å². The molecule has 0 bridgehead atoms. The molecular formula is C16H15N. The number of nitrogens with one attached hydrogen (secondary N) is 1. The van der Waals surface area contributed by atoms with E-state index in [0.717, 1.165) is 0 Å². The quantitative estimate of drug-likeness (QED) is 0.706. The fourth-order valence-electron chi connectivity index (χ4n) is 2.50. The minimum Gasteiger partial charge on any atom is -0.367 e. The number of dihydropyridines is 1. The fraction of sp³-hybridized carbons (Fsp3) is 0.125. The number of rotatable bonds is 0. The summed E-state index contributed by atoms with van der Waals surface area (Å²) in [7, 11) is 0. The van der Waals surface area contributed by atoms with Crippen LogP contribution in [0.2, 0.25) is 0 Å². The predicted molar refractivity (Wildman–Crippen MR) is 72.3 cm³/mol. The number of hydrogen-bond acceptors (Lipinski definition) is 1. The lowest BCUT2D eigenvalue weighted by Gasteiger charge is -2.12. The molecule has 1 aliphatic carbocycles. The number of benzene rings is 1. The highest BCUT2D eigenvalue weighted by atomic mass is 14.8. The highest BCUT2D eigenvalue weighted by molar-refractivity contribution is 5.78. The van der Waals surface area contributed by atoms with Crippen molar-refractivity contribution >= 4 is 11.1 Å². The molecule has 1 nitrogen and oxygen atoms in total. The highest BCUT2D eigenvalue weighted by Crippen LogP contribution is 2.24. The molecule has 0 fully saturated rings. The Morgan fingerprint density at radius 3 is 2.59 bits per heavy atom. The van der Waals surface area contributed by atoms with E-state index in [2.05, 4.69) is 61.8 Å². The van der Waals surface area contributed by atoms with Crippen LogP contribution >= 0.6 is 0 Å². The van der Waals surface area contributed by atoms with Gasteiger partial charge in [-0.3, -0.25) is 0 Å². The molecule has 0 spiro atoms. The van der Waals surface area contributed by atoms with Gasteiger partial charge in [-0.15, -0.1) is 0 Å². The maximum atomic E-state index is 3.17. The average Bonchev–Trinajstić information content (AvgIpc) is 2.48. The summed E-state index contributed by atoms with van der Waals surface area (Å²) in [6, 6.07) is 8.60. The van der Waals surface area contributed by atoms with Crippen molar-refractivity contribution in [2.75, 3.05) is 0 Å². The molecule has 1 aliphatic heterocycles. The van der Waals surface area contributed by atoms with Crippen molar-refractivity contribution in [2.24, 2.45) is 0 Å². The lowest BCUT2D eigenvalue weighted by atomic mass is 9.97. The Morgan fingerprint density at radius 1 is 1.00 bits per heavy atom. The molecular weight excluding hydrogens is 206 g/mol. The Labute approximate surface area is 101 Å². The zero-order valence-corrected chi connectivity index (χ0v) is 10.1. The molecule has 0 aromatic heterocycles. The smallest absolute Gasteiger partial charge is 0.00865 e. The largest absolute Gasteiger partial charge is 0.367 e. The van der Waals surface area contributed by atoms with E-state index in [1.54, 1.807) is 0 Å². The molecule has 0 atom stereocenters. The summed E-state index contributed by atoms with van der Waals surface area (Å²) in [5.41, 5.74) is 5.23. The van der Waals surface area contributed by atoms with Crippen molar-refractivity contribution < 1.29 is 0 Å². The molecule has 3 rings (SSSR count). The molecule has 1 aromatic carbocycles. The number of hydrogen-bond donors (Lipinski definition) is 1. The summed E-state index contributed by atoms with van der Waals surface area (Å²) in [6.07, 6.45) is 8.45. The van der Waals surface area contributed by atoms with Crippen LogP contribution < -0.4 is 15.8 Å². The first-order valence-corrected chi connectivity index (χ1v) is 5.89. The Balaban J connectivity index is 2.47. The van der Waals surface area contributed by atoms with Gasteiger partial charge in [-0.1, -0.05) is 30.3 Å². The molecule has 0 unspecified atom stereocenters. The maximum Gasteiger partial charge on any atom is 0.00865 e. The highest BCUT2D eigenvalue weighted by Gasteiger charge is 2.11. The van der Waals surface area contributed by atoms with Crippen LogP contribution in [0.5, 0.6) is 0 Å². The monoisotopic (exact) mass is 221 g/mol. The first-order chi connectivity index (χ1) is 8.27. The predicted octanol–water partition coefficient (Wildman–Crippen LogP) is 1.97. The van der Waals surface area contributed by atoms with Gasteiger partial charge >= 0.3 is 0 Å². The van der Waals surface area contributed by atoms with Crippen molar-refractivity contribution in [3.8, 4) is 0 Å². The third-order valence-corrected chi connectivity index (χ3v) is 3.43. The summed E-state index contributed by atoms with van der Waals surface area (Å²) in [4.78, 5) is 0. The van der Waals surface area contributed by atoms with Crippen LogP contribution in [0.15, 0.2) is 60.0 Å². The van der Waals surface area contributed by atoms with Crippen molar-refractivity contribution in [3.05, 3.63) is 70.4 Å². The zero-order chi connectivity index (χ0) is 11.8. The molecule has 0 radical (unpaired) electrons. The van der Waals surface area contributed by atoms with E-state index in [-0.39, 0.29) is 0 Å². The molecule has 0 saturated heterocycles. The minimum absolute atomic E-state index is 1.29. The lowest BCUT2D eigenvalue weighted by Crippen LogP contribution is -2.27. The summed E-state index contributed by atoms with van der Waals surface area (Å²) in [5, 5.41) is 5.84. The van der Waals surface area contributed by atoms with Crippen molar-refractivity contribution in [1.29, 1.82) is 0 Å². The van der Waals surface area contributed by atoms with Gasteiger partial charge in [0.2, 0.25) is 0 Å². The summed E-state index contributed by atoms with van der Waals surface area (Å²) >= 11 is 0. The van der Waals surface area contributed by atoms with Crippen LogP contribution in [0.25, 0.3) is 11.1 Å². The summed E-state index contributed by atoms with van der Waals surface area (Å²) in [5.74, 6) is 0. The molecule has 1 heterocycles. The van der Waals surface area contributed by atoms with E-state index in [1.165, 1.54) is 32.7 Å². The lowest BCUT2D eigenvalue weighted by molar-refractivity contribution is 1.14. The van der Waals surface area contributed by atoms with Crippen molar-refractivity contribution in [3.63, 3.8) is 0 Å². The van der Waals surface area contributed by atoms with Gasteiger partial charge < -0.3 is 5.32 Å². The van der Waals surface area contributed by atoms with Crippen molar-refractivity contribution in [1.82, 2.24) is 5.32 Å². The Bertz CT molecular complexity index is 684. The molecule has 84 valence electrons. The molecule has 1 heteroatoms. The second-order valence-corrected chi connectivity index (χ2v) is 4.51. The van der Waals surface area contributed by atoms with E-state index in [9.17, 15) is 0 Å². The molecule has 17 heavy (non-hydrogen) atoms. The third kappa shape index (κ3) is 1.55. The number of allylic oxidation sites excluding steroid dienone is 4. The normalized spacial score (nSPS) is 17.5. The topological polar surface area (TPSA) is 12.0 Å². The zero-order valence-electron chi connectivity index (χ0n) is 10.1. The van der Waals surface area contributed by atoms with Crippen molar-refractivity contribution in [2.45, 2.75) is 13.8 Å². The van der Waals surface area contributed by atoms with Gasteiger partial charge in [0.25, 0.3) is 0 Å². The van der Waals surface area contributed by atoms with Gasteiger partial charge in [-0.2, -0.15) is 0 Å². The average molecular weight is 221 g/mol. The van der Waals surface area contributed by atoms with Gasteiger partial charge in [0.1, 0.15) is 0 Å². The van der Waals surface area contributed by atoms with E-state index in [4.69, 9.17) is 0 Å². The van der Waals surface area contributed by atoms with Gasteiger partial charge in [0.15, 0.2) is 0 Å². The van der Waals surface area contributed by atoms with Crippen LogP contribution in [0.1, 0.15) is 13.8 Å².